The van der Waals surface area contributed by atoms with Crippen molar-refractivity contribution >= 4 is 59.1 Å². The Bertz CT molecular complexity index is 2200. The molecule has 19 heteroatoms. The maximum atomic E-state index is 15.7. The number of carbonyl (C=O) groups excluding carboxylic acids is 6. The summed E-state index contributed by atoms with van der Waals surface area (Å²) in [5.74, 6) is -5.75. The fourth-order valence-corrected chi connectivity index (χ4v) is 10.0. The van der Waals surface area contributed by atoms with Gasteiger partial charge >= 0.3 is 30.2 Å². The van der Waals surface area contributed by atoms with Crippen LogP contribution < -0.4 is 5.32 Å². The number of esters is 3. The van der Waals surface area contributed by atoms with Gasteiger partial charge in [0.2, 0.25) is 0 Å². The maximum absolute atomic E-state index is 15.7. The summed E-state index contributed by atoms with van der Waals surface area (Å²) < 4.78 is 40.8. The first-order valence-electron chi connectivity index (χ1n) is 21.1. The second-order valence-corrected chi connectivity index (χ2v) is 19.9. The minimum atomic E-state index is -2.49. The molecule has 0 aromatic heterocycles. The van der Waals surface area contributed by atoms with Gasteiger partial charge in [-0.1, -0.05) is 62.4 Å². The van der Waals surface area contributed by atoms with E-state index in [2.05, 4.69) is 5.32 Å². The molecule has 11 atom stereocenters. The molecule has 0 spiro atoms. The standard InChI is InChI=1S/C46H55Cl2NO16/c1-23-27(61-39(55)33(52)32(25-15-11-9-12-16-25)49-40(56)65-42(3,4)5)20-46(58)37(63-38(54)26-17-13-10-14-18-26)35-44(8,28(51)19-29-45(35,22-60-29)64-24(2)50)36(53)34(31(23)43(46,6)7)62-41(57)59-21-30(47)48/h9-18,27-30,32-35,37,51-52,58H,19-22H2,1-8H3,(H,49,56)/t27-,28-,29+,32-,33?,34+,35?,37?,44+,45-,46+/m0/s1. The molecular weight excluding hydrogens is 893 g/mol. The molecule has 2 aromatic carbocycles. The van der Waals surface area contributed by atoms with Crippen LogP contribution in [0.25, 0.3) is 0 Å². The summed E-state index contributed by atoms with van der Waals surface area (Å²) in [7, 11) is 0. The van der Waals surface area contributed by atoms with Gasteiger partial charge in [-0.25, -0.2) is 19.2 Å². The molecule has 3 fully saturated rings. The third kappa shape index (κ3) is 9.32. The predicted octanol–water partition coefficient (Wildman–Crippen LogP) is 5.22. The summed E-state index contributed by atoms with van der Waals surface area (Å²) in [6, 6.07) is 14.3. The van der Waals surface area contributed by atoms with E-state index in [0.29, 0.717) is 0 Å². The lowest BCUT2D eigenvalue weighted by molar-refractivity contribution is -0.346. The highest BCUT2D eigenvalue weighted by Crippen LogP contribution is 2.64. The Labute approximate surface area is 385 Å². The smallest absolute Gasteiger partial charge is 0.456 e. The maximum Gasteiger partial charge on any atom is 0.509 e. The third-order valence-electron chi connectivity index (χ3n) is 13.1. The fraction of sp³-hybridized carbons (Fsp3) is 0.565. The Morgan fingerprint density at radius 2 is 1.57 bits per heavy atom. The number of carbonyl (C=O) groups is 6. The average molecular weight is 949 g/mol. The van der Waals surface area contributed by atoms with Crippen molar-refractivity contribution in [1.82, 2.24) is 5.32 Å². The molecule has 65 heavy (non-hydrogen) atoms. The van der Waals surface area contributed by atoms with Crippen LogP contribution in [0.3, 0.4) is 0 Å². The molecule has 2 bridgehead atoms. The van der Waals surface area contributed by atoms with Gasteiger partial charge in [0.05, 0.1) is 35.6 Å². The zero-order valence-electron chi connectivity index (χ0n) is 37.2. The first-order valence-corrected chi connectivity index (χ1v) is 21.9. The van der Waals surface area contributed by atoms with Gasteiger partial charge < -0.3 is 53.8 Å². The summed E-state index contributed by atoms with van der Waals surface area (Å²) in [6.45, 7) is 10.9. The van der Waals surface area contributed by atoms with Gasteiger partial charge in [-0.2, -0.15) is 0 Å². The van der Waals surface area contributed by atoms with E-state index in [1.807, 2.05) is 0 Å². The fourth-order valence-electron chi connectivity index (χ4n) is 9.90. The average Bonchev–Trinajstić information content (AvgIpc) is 3.22. The number of alkyl halides is 2. The number of alkyl carbamates (subject to hydrolysis) is 1. The number of halogens is 2. The van der Waals surface area contributed by atoms with Crippen LogP contribution in [-0.2, 0) is 47.5 Å². The predicted molar refractivity (Wildman–Crippen MR) is 229 cm³/mol. The molecule has 4 aliphatic rings. The van der Waals surface area contributed by atoms with Crippen molar-refractivity contribution in [3.63, 3.8) is 0 Å². The SMILES string of the molecule is CC(=O)O[C@@]12CO[C@@H]1C[C@H](O)[C@@]1(C)C(=O)[C@H](OC(=O)OCC(Cl)Cl)C3=C(C)[C@@H](OC(=O)C(O)[C@@H](NC(=O)OC(C)(C)C)c4ccccc4)C[C@@](O)(C(OC(=O)c4ccccc4)C12)C3(C)C. The van der Waals surface area contributed by atoms with Crippen molar-refractivity contribution in [3.05, 3.63) is 82.9 Å². The van der Waals surface area contributed by atoms with E-state index in [1.165, 1.54) is 39.8 Å². The summed E-state index contributed by atoms with van der Waals surface area (Å²) in [4.78, 5) is 82.8. The van der Waals surface area contributed by atoms with Gasteiger partial charge in [0.1, 0.15) is 41.0 Å². The monoisotopic (exact) mass is 947 g/mol. The number of hydrogen-bond donors (Lipinski definition) is 4. The number of rotatable bonds is 11. The molecule has 6 rings (SSSR count). The normalized spacial score (nSPS) is 31.3. The van der Waals surface area contributed by atoms with Crippen LogP contribution in [0.4, 0.5) is 9.59 Å². The second kappa shape index (κ2) is 18.5. The molecule has 3 aliphatic carbocycles. The number of benzene rings is 2. The van der Waals surface area contributed by atoms with Gasteiger partial charge in [-0.3, -0.25) is 9.59 Å². The Morgan fingerprint density at radius 1 is 0.954 bits per heavy atom. The van der Waals surface area contributed by atoms with Crippen LogP contribution in [0.15, 0.2) is 71.8 Å². The van der Waals surface area contributed by atoms with E-state index in [1.54, 1.807) is 69.3 Å². The van der Waals surface area contributed by atoms with Crippen LogP contribution in [0.1, 0.15) is 90.2 Å². The zero-order valence-corrected chi connectivity index (χ0v) is 38.7. The summed E-state index contributed by atoms with van der Waals surface area (Å²) in [5.41, 5.74) is -9.01. The van der Waals surface area contributed by atoms with Crippen LogP contribution in [-0.4, -0.2) is 123 Å². The topological polar surface area (TPSA) is 240 Å². The number of ether oxygens (including phenoxy) is 7. The number of amides is 1. The highest BCUT2D eigenvalue weighted by atomic mass is 35.5. The van der Waals surface area contributed by atoms with E-state index in [-0.39, 0.29) is 35.3 Å². The number of nitrogens with one attached hydrogen (secondary N) is 1. The largest absolute Gasteiger partial charge is 0.509 e. The van der Waals surface area contributed by atoms with E-state index in [0.717, 1.165) is 6.92 Å². The van der Waals surface area contributed by atoms with Crippen molar-refractivity contribution < 1.29 is 77.2 Å². The lowest BCUT2D eigenvalue weighted by atomic mass is 9.44. The minimum absolute atomic E-state index is 0.0300. The molecule has 1 amide bonds. The Balaban J connectivity index is 1.55. The molecule has 3 unspecified atom stereocenters. The molecule has 354 valence electrons. The zero-order chi connectivity index (χ0) is 48.0. The van der Waals surface area contributed by atoms with Gasteiger partial charge in [0, 0.05) is 25.2 Å². The van der Waals surface area contributed by atoms with Crippen LogP contribution in [0.2, 0.25) is 0 Å². The number of ketones is 1. The lowest BCUT2D eigenvalue weighted by Gasteiger charge is -2.67. The van der Waals surface area contributed by atoms with E-state index < -0.39 is 130 Å². The minimum Gasteiger partial charge on any atom is -0.456 e. The highest BCUT2D eigenvalue weighted by Gasteiger charge is 2.78. The Hall–Kier alpha value is -4.78. The number of aliphatic hydroxyl groups is 3. The van der Waals surface area contributed by atoms with Gasteiger partial charge in [-0.15, -0.1) is 23.2 Å². The molecule has 2 aromatic rings. The molecule has 0 radical (unpaired) electrons. The lowest BCUT2D eigenvalue weighted by Crippen LogP contribution is -2.82. The molecule has 17 nitrogen and oxygen atoms in total. The molecule has 1 heterocycles. The number of aliphatic hydroxyl groups excluding tert-OH is 2. The van der Waals surface area contributed by atoms with E-state index >= 15 is 4.79 Å². The first kappa shape index (κ1) is 49.6. The summed E-state index contributed by atoms with van der Waals surface area (Å²) in [5, 5.41) is 40.2. The highest BCUT2D eigenvalue weighted by molar-refractivity contribution is 6.44. The summed E-state index contributed by atoms with van der Waals surface area (Å²) >= 11 is 11.7. The van der Waals surface area contributed by atoms with Crippen molar-refractivity contribution in [2.24, 2.45) is 16.7 Å². The number of fused-ring (bicyclic) bond motifs is 5. The van der Waals surface area contributed by atoms with Crippen molar-refractivity contribution in [3.8, 4) is 0 Å². The second-order valence-electron chi connectivity index (χ2n) is 18.6. The quantitative estimate of drug-likeness (QED) is 0.0977. The van der Waals surface area contributed by atoms with Gasteiger partial charge in [0.25, 0.3) is 0 Å². The molecular formula is C46H55Cl2NO16. The van der Waals surface area contributed by atoms with Crippen molar-refractivity contribution in [2.45, 2.75) is 133 Å². The molecule has 1 aliphatic heterocycles. The first-order chi connectivity index (χ1) is 30.3. The molecule has 2 saturated carbocycles. The van der Waals surface area contributed by atoms with E-state index in [4.69, 9.17) is 56.4 Å². The van der Waals surface area contributed by atoms with Gasteiger partial charge in [-0.05, 0) is 63.5 Å². The van der Waals surface area contributed by atoms with Crippen LogP contribution >= 0.6 is 23.2 Å². The Morgan fingerprint density at radius 3 is 2.12 bits per heavy atom. The van der Waals surface area contributed by atoms with E-state index in [9.17, 15) is 39.3 Å². The Kier molecular flexibility index (Phi) is 14.1. The van der Waals surface area contributed by atoms with Crippen LogP contribution in [0, 0.1) is 16.7 Å². The molecule has 4 N–H and O–H groups in total. The number of Topliss-reactive ketones (excluding diaryl/α,β-unsaturated/α-hetero) is 1. The molecule has 1 saturated heterocycles. The van der Waals surface area contributed by atoms with Gasteiger partial charge in [0.15, 0.2) is 23.6 Å². The van der Waals surface area contributed by atoms with Crippen molar-refractivity contribution in [2.75, 3.05) is 13.2 Å². The third-order valence-corrected chi connectivity index (χ3v) is 13.3. The number of hydrogen-bond acceptors (Lipinski definition) is 16. The van der Waals surface area contributed by atoms with Crippen molar-refractivity contribution in [1.29, 1.82) is 0 Å². The summed E-state index contributed by atoms with van der Waals surface area (Å²) in [6.07, 6.45) is -13.7. The van der Waals surface area contributed by atoms with Crippen LogP contribution in [0.5, 0.6) is 0 Å².